The number of nitrogens with zero attached hydrogens (tertiary/aromatic N) is 5. The minimum Gasteiger partial charge on any atom is -0.497 e. The molecule has 0 spiro atoms. The van der Waals surface area contributed by atoms with Gasteiger partial charge in [0.25, 0.3) is 5.82 Å². The van der Waals surface area contributed by atoms with Gasteiger partial charge in [0.15, 0.2) is 0 Å². The van der Waals surface area contributed by atoms with Gasteiger partial charge in [0, 0.05) is 12.2 Å². The number of rotatable bonds is 3. The Morgan fingerprint density at radius 3 is 3.09 bits per heavy atom. The van der Waals surface area contributed by atoms with Crippen LogP contribution < -0.4 is 9.64 Å². The van der Waals surface area contributed by atoms with Gasteiger partial charge in [-0.05, 0) is 36.6 Å². The molecule has 22 heavy (non-hydrogen) atoms. The average Bonchev–Trinajstić information content (AvgIpc) is 3.01. The van der Waals surface area contributed by atoms with Crippen molar-refractivity contribution in [3.05, 3.63) is 35.9 Å². The van der Waals surface area contributed by atoms with Crippen molar-refractivity contribution in [1.29, 1.82) is 5.26 Å². The first-order valence-corrected chi connectivity index (χ1v) is 6.98. The predicted molar refractivity (Wildman–Crippen MR) is 78.4 cm³/mol. The molecule has 0 atom stereocenters. The molecule has 0 N–H and O–H groups in total. The summed E-state index contributed by atoms with van der Waals surface area (Å²) in [5.41, 5.74) is 2.02. The number of hydrogen-bond acceptors (Lipinski definition) is 5. The highest BCUT2D eigenvalue weighted by Crippen LogP contribution is 2.30. The summed E-state index contributed by atoms with van der Waals surface area (Å²) in [7, 11) is 1.63. The van der Waals surface area contributed by atoms with Gasteiger partial charge >= 0.3 is 0 Å². The van der Waals surface area contributed by atoms with E-state index in [-0.39, 0.29) is 18.3 Å². The normalized spacial score (nSPS) is 13.4. The minimum atomic E-state index is -0.0690. The Morgan fingerprint density at radius 2 is 2.36 bits per heavy atom. The first-order chi connectivity index (χ1) is 10.7. The summed E-state index contributed by atoms with van der Waals surface area (Å²) in [4.78, 5) is 18.1. The third-order valence-electron chi connectivity index (χ3n) is 3.64. The van der Waals surface area contributed by atoms with Gasteiger partial charge in [-0.15, -0.1) is 5.10 Å². The lowest BCUT2D eigenvalue weighted by atomic mass is 10.0. The number of amides is 1. The van der Waals surface area contributed by atoms with Crippen LogP contribution in [0.3, 0.4) is 0 Å². The highest BCUT2D eigenvalue weighted by Gasteiger charge is 2.23. The molecular weight excluding hydrogens is 282 g/mol. The first-order valence-electron chi connectivity index (χ1n) is 6.98. The van der Waals surface area contributed by atoms with Crippen molar-refractivity contribution < 1.29 is 9.53 Å². The molecular formula is C15H15N5O2. The summed E-state index contributed by atoms with van der Waals surface area (Å²) in [6, 6.07) is 7.58. The van der Waals surface area contributed by atoms with Crippen molar-refractivity contribution in [2.24, 2.45) is 0 Å². The fraction of sp³-hybridized carbons (Fsp3) is 0.333. The zero-order valence-electron chi connectivity index (χ0n) is 12.2. The fourth-order valence-corrected chi connectivity index (χ4v) is 2.61. The van der Waals surface area contributed by atoms with Gasteiger partial charge in [-0.25, -0.2) is 9.67 Å². The Morgan fingerprint density at radius 1 is 1.50 bits per heavy atom. The van der Waals surface area contributed by atoms with Gasteiger partial charge in [0.1, 0.15) is 24.7 Å². The summed E-state index contributed by atoms with van der Waals surface area (Å²) in [5, 5.41) is 12.6. The molecule has 112 valence electrons. The van der Waals surface area contributed by atoms with E-state index in [1.807, 2.05) is 24.3 Å². The lowest BCUT2D eigenvalue weighted by Crippen LogP contribution is -2.37. The fourth-order valence-electron chi connectivity index (χ4n) is 2.61. The third-order valence-corrected chi connectivity index (χ3v) is 3.64. The van der Waals surface area contributed by atoms with E-state index in [0.29, 0.717) is 6.54 Å². The standard InChI is InChI=1S/C15H15N5O2/c1-22-12-4-5-13-11(7-12)3-2-6-20(13)15(21)9-19-10-17-14(8-16)18-19/h4-5,7,10H,2-3,6,9H2,1H3. The second-order valence-corrected chi connectivity index (χ2v) is 5.02. The van der Waals surface area contributed by atoms with Crippen molar-refractivity contribution in [3.8, 4) is 11.8 Å². The largest absolute Gasteiger partial charge is 0.497 e. The van der Waals surface area contributed by atoms with Crippen LogP contribution in [0.15, 0.2) is 24.5 Å². The number of anilines is 1. The predicted octanol–water partition coefficient (Wildman–Crippen LogP) is 1.14. The molecule has 3 rings (SSSR count). The number of fused-ring (bicyclic) bond motifs is 1. The third kappa shape index (κ3) is 2.63. The number of carbonyl (C=O) groups is 1. The van der Waals surface area contributed by atoms with Crippen LogP contribution in [-0.4, -0.2) is 34.3 Å². The molecule has 0 bridgehead atoms. The van der Waals surface area contributed by atoms with Crippen LogP contribution in [0.5, 0.6) is 5.75 Å². The van der Waals surface area contributed by atoms with Crippen LogP contribution in [0.25, 0.3) is 0 Å². The van der Waals surface area contributed by atoms with Crippen LogP contribution in [0.2, 0.25) is 0 Å². The molecule has 1 aliphatic heterocycles. The Hall–Kier alpha value is -2.88. The van der Waals surface area contributed by atoms with E-state index in [9.17, 15) is 4.79 Å². The zero-order valence-corrected chi connectivity index (χ0v) is 12.2. The van der Waals surface area contributed by atoms with Gasteiger partial charge in [-0.3, -0.25) is 4.79 Å². The molecule has 0 unspecified atom stereocenters. The molecule has 7 heteroatoms. The number of aryl methyl sites for hydroxylation is 1. The van der Waals surface area contributed by atoms with Crippen LogP contribution in [0.1, 0.15) is 17.8 Å². The molecule has 0 aliphatic carbocycles. The molecule has 7 nitrogen and oxygen atoms in total. The van der Waals surface area contributed by atoms with Crippen molar-refractivity contribution in [2.45, 2.75) is 19.4 Å². The number of methoxy groups -OCH3 is 1. The van der Waals surface area contributed by atoms with Gasteiger partial charge in [0.2, 0.25) is 5.91 Å². The lowest BCUT2D eigenvalue weighted by Gasteiger charge is -2.29. The molecule has 0 radical (unpaired) electrons. The van der Waals surface area contributed by atoms with Crippen LogP contribution >= 0.6 is 0 Å². The number of ether oxygens (including phenoxy) is 1. The number of benzene rings is 1. The van der Waals surface area contributed by atoms with Crippen molar-refractivity contribution >= 4 is 11.6 Å². The topological polar surface area (TPSA) is 84.0 Å². The molecule has 0 saturated carbocycles. The second kappa shape index (κ2) is 5.85. The number of hydrogen-bond donors (Lipinski definition) is 0. The van der Waals surface area contributed by atoms with Gasteiger partial charge in [-0.2, -0.15) is 5.26 Å². The average molecular weight is 297 g/mol. The molecule has 1 amide bonds. The smallest absolute Gasteiger partial charge is 0.252 e. The molecule has 2 aromatic rings. The van der Waals surface area contributed by atoms with E-state index in [0.717, 1.165) is 29.8 Å². The molecule has 0 fully saturated rings. The van der Waals surface area contributed by atoms with Crippen LogP contribution in [0, 0.1) is 11.3 Å². The van der Waals surface area contributed by atoms with Crippen LogP contribution in [-0.2, 0) is 17.8 Å². The highest BCUT2D eigenvalue weighted by atomic mass is 16.5. The monoisotopic (exact) mass is 297 g/mol. The Labute approximate surface area is 127 Å². The molecule has 2 heterocycles. The van der Waals surface area contributed by atoms with E-state index in [4.69, 9.17) is 10.00 Å². The first kappa shape index (κ1) is 14.1. The Kier molecular flexibility index (Phi) is 3.74. The van der Waals surface area contributed by atoms with E-state index >= 15 is 0 Å². The Bertz CT molecular complexity index is 747. The van der Waals surface area contributed by atoms with Crippen LogP contribution in [0.4, 0.5) is 5.69 Å². The van der Waals surface area contributed by atoms with Gasteiger partial charge in [0.05, 0.1) is 7.11 Å². The van der Waals surface area contributed by atoms with E-state index in [1.165, 1.54) is 11.0 Å². The van der Waals surface area contributed by atoms with E-state index in [1.54, 1.807) is 12.0 Å². The summed E-state index contributed by atoms with van der Waals surface area (Å²) in [6.07, 6.45) is 3.24. The lowest BCUT2D eigenvalue weighted by molar-refractivity contribution is -0.119. The summed E-state index contributed by atoms with van der Waals surface area (Å²) in [5.74, 6) is 0.792. The quantitative estimate of drug-likeness (QED) is 0.848. The number of carbonyl (C=O) groups excluding carboxylic acids is 1. The summed E-state index contributed by atoms with van der Waals surface area (Å²) >= 11 is 0. The summed E-state index contributed by atoms with van der Waals surface area (Å²) in [6.45, 7) is 0.748. The minimum absolute atomic E-state index is 0.0663. The second-order valence-electron chi connectivity index (χ2n) is 5.02. The van der Waals surface area contributed by atoms with Gasteiger partial charge < -0.3 is 9.64 Å². The molecule has 1 aliphatic rings. The molecule has 1 aromatic carbocycles. The van der Waals surface area contributed by atoms with Crippen molar-refractivity contribution in [2.75, 3.05) is 18.6 Å². The van der Waals surface area contributed by atoms with Crippen molar-refractivity contribution in [1.82, 2.24) is 14.8 Å². The zero-order chi connectivity index (χ0) is 15.5. The summed E-state index contributed by atoms with van der Waals surface area (Å²) < 4.78 is 6.62. The van der Waals surface area contributed by atoms with Crippen molar-refractivity contribution in [3.63, 3.8) is 0 Å². The maximum Gasteiger partial charge on any atom is 0.252 e. The maximum atomic E-state index is 12.5. The highest BCUT2D eigenvalue weighted by molar-refractivity contribution is 5.94. The Balaban J connectivity index is 1.81. The maximum absolute atomic E-state index is 12.5. The van der Waals surface area contributed by atoms with Gasteiger partial charge in [-0.1, -0.05) is 0 Å². The SMILES string of the molecule is COc1ccc2c(c1)CCCN2C(=O)Cn1cnc(C#N)n1. The molecule has 1 aromatic heterocycles. The number of aromatic nitrogens is 3. The van der Waals surface area contributed by atoms with E-state index in [2.05, 4.69) is 10.1 Å². The van der Waals surface area contributed by atoms with E-state index < -0.39 is 0 Å². The number of nitriles is 1. The molecule has 0 saturated heterocycles.